The van der Waals surface area contributed by atoms with Crippen LogP contribution in [0.1, 0.15) is 6.92 Å². The average molecular weight is 170 g/mol. The Morgan fingerprint density at radius 2 is 2.55 bits per heavy atom. The Morgan fingerprint density at radius 3 is 3.09 bits per heavy atom. The molecule has 4 nitrogen and oxygen atoms in total. The van der Waals surface area contributed by atoms with Crippen LogP contribution in [0.15, 0.2) is 12.3 Å². The molecule has 58 valence electrons. The molecule has 0 aliphatic carbocycles. The van der Waals surface area contributed by atoms with Crippen LogP contribution in [0.25, 0.3) is 0 Å². The third-order valence-corrected chi connectivity index (χ3v) is 1.11. The van der Waals surface area contributed by atoms with E-state index in [1.807, 2.05) is 0 Å². The summed E-state index contributed by atoms with van der Waals surface area (Å²) in [6, 6.07) is 1.52. The number of hydrogen-bond donors (Lipinski definition) is 1. The summed E-state index contributed by atoms with van der Waals surface area (Å²) in [5.74, 6) is -0.0700. The van der Waals surface area contributed by atoms with Crippen LogP contribution in [0, 0.1) is 4.77 Å². The van der Waals surface area contributed by atoms with Gasteiger partial charge in [0, 0.05) is 19.2 Å². The summed E-state index contributed by atoms with van der Waals surface area (Å²) in [4.78, 5) is 16.7. The van der Waals surface area contributed by atoms with Crippen LogP contribution in [-0.2, 0) is 4.79 Å². The van der Waals surface area contributed by atoms with Gasteiger partial charge in [-0.1, -0.05) is 0 Å². The van der Waals surface area contributed by atoms with Crippen molar-refractivity contribution in [2.45, 2.75) is 6.92 Å². The third-order valence-electron chi connectivity index (χ3n) is 0.902. The quantitative estimate of drug-likeness (QED) is 0.506. The summed E-state index contributed by atoms with van der Waals surface area (Å²) >= 11 is 4.69. The number of esters is 1. The number of nitrogens with zero attached hydrogens (tertiary/aromatic N) is 1. The molecule has 1 rings (SSSR count). The van der Waals surface area contributed by atoms with Gasteiger partial charge in [0.25, 0.3) is 0 Å². The normalized spacial score (nSPS) is 9.18. The van der Waals surface area contributed by atoms with Gasteiger partial charge in [-0.3, -0.25) is 4.79 Å². The van der Waals surface area contributed by atoms with Crippen LogP contribution in [0.4, 0.5) is 0 Å². The number of aromatic amines is 1. The molecule has 0 fully saturated rings. The summed E-state index contributed by atoms with van der Waals surface area (Å²) in [5.41, 5.74) is 0. The van der Waals surface area contributed by atoms with Crippen molar-refractivity contribution in [2.24, 2.45) is 0 Å². The highest BCUT2D eigenvalue weighted by Gasteiger charge is 1.95. The molecule has 0 atom stereocenters. The molecule has 1 heterocycles. The maximum atomic E-state index is 10.4. The van der Waals surface area contributed by atoms with Crippen molar-refractivity contribution >= 4 is 18.2 Å². The highest BCUT2D eigenvalue weighted by Crippen LogP contribution is 2.02. The van der Waals surface area contributed by atoms with Gasteiger partial charge in [0.2, 0.25) is 5.88 Å². The predicted molar refractivity (Wildman–Crippen MR) is 40.7 cm³/mol. The summed E-state index contributed by atoms with van der Waals surface area (Å²) in [6.45, 7) is 1.32. The Labute approximate surface area is 68.2 Å². The van der Waals surface area contributed by atoms with E-state index in [0.29, 0.717) is 10.7 Å². The first kappa shape index (κ1) is 7.87. The summed E-state index contributed by atoms with van der Waals surface area (Å²) in [5, 5.41) is 0. The molecule has 0 saturated heterocycles. The minimum atomic E-state index is -0.387. The molecule has 1 aromatic rings. The first-order valence-corrected chi connectivity index (χ1v) is 3.33. The molecule has 0 bridgehead atoms. The van der Waals surface area contributed by atoms with Crippen molar-refractivity contribution in [1.82, 2.24) is 9.97 Å². The van der Waals surface area contributed by atoms with Gasteiger partial charge in [0.15, 0.2) is 4.77 Å². The Morgan fingerprint density at radius 1 is 1.82 bits per heavy atom. The highest BCUT2D eigenvalue weighted by molar-refractivity contribution is 7.71. The van der Waals surface area contributed by atoms with E-state index < -0.39 is 0 Å². The zero-order valence-electron chi connectivity index (χ0n) is 5.83. The molecule has 0 aromatic carbocycles. The summed E-state index contributed by atoms with van der Waals surface area (Å²) < 4.78 is 4.99. The molecule has 0 spiro atoms. The van der Waals surface area contributed by atoms with Crippen molar-refractivity contribution in [1.29, 1.82) is 0 Å². The number of nitrogens with one attached hydrogen (secondary N) is 1. The molecule has 0 radical (unpaired) electrons. The number of hydrogen-bond acceptors (Lipinski definition) is 4. The van der Waals surface area contributed by atoms with Crippen molar-refractivity contribution in [2.75, 3.05) is 0 Å². The Hall–Kier alpha value is -1.23. The van der Waals surface area contributed by atoms with Gasteiger partial charge >= 0.3 is 5.97 Å². The first-order chi connectivity index (χ1) is 5.18. The van der Waals surface area contributed by atoms with Crippen LogP contribution < -0.4 is 4.74 Å². The van der Waals surface area contributed by atoms with Crippen molar-refractivity contribution in [3.63, 3.8) is 0 Å². The fourth-order valence-electron chi connectivity index (χ4n) is 0.566. The molecule has 0 aliphatic rings. The second-order valence-electron chi connectivity index (χ2n) is 1.83. The van der Waals surface area contributed by atoms with E-state index in [0.717, 1.165) is 0 Å². The monoisotopic (exact) mass is 170 g/mol. The second kappa shape index (κ2) is 3.25. The average Bonchev–Trinajstić information content (AvgIpc) is 1.85. The van der Waals surface area contributed by atoms with Crippen molar-refractivity contribution in [3.8, 4) is 5.88 Å². The number of H-pyrrole nitrogens is 1. The van der Waals surface area contributed by atoms with Gasteiger partial charge in [0.1, 0.15) is 0 Å². The number of rotatable bonds is 1. The Bertz CT molecular complexity index is 320. The van der Waals surface area contributed by atoms with Gasteiger partial charge < -0.3 is 9.72 Å². The summed E-state index contributed by atoms with van der Waals surface area (Å²) in [7, 11) is 0. The zero-order chi connectivity index (χ0) is 8.27. The van der Waals surface area contributed by atoms with E-state index in [9.17, 15) is 4.79 Å². The topological polar surface area (TPSA) is 55.0 Å². The molecule has 11 heavy (non-hydrogen) atoms. The van der Waals surface area contributed by atoms with Gasteiger partial charge in [-0.05, 0) is 12.2 Å². The molecular formula is C6H6N2O2S. The van der Waals surface area contributed by atoms with Gasteiger partial charge in [0.05, 0.1) is 0 Å². The largest absolute Gasteiger partial charge is 0.410 e. The van der Waals surface area contributed by atoms with Crippen LogP contribution in [-0.4, -0.2) is 15.9 Å². The van der Waals surface area contributed by atoms with Gasteiger partial charge in [-0.15, -0.1) is 0 Å². The van der Waals surface area contributed by atoms with E-state index in [1.165, 1.54) is 19.2 Å². The fourth-order valence-corrected chi connectivity index (χ4v) is 0.728. The van der Waals surface area contributed by atoms with Crippen LogP contribution >= 0.6 is 12.2 Å². The zero-order valence-corrected chi connectivity index (χ0v) is 6.64. The second-order valence-corrected chi connectivity index (χ2v) is 2.22. The maximum Gasteiger partial charge on any atom is 0.309 e. The lowest BCUT2D eigenvalue weighted by atomic mass is 10.6. The molecule has 1 aromatic heterocycles. The Balaban J connectivity index is 2.88. The molecule has 5 heteroatoms. The Kier molecular flexibility index (Phi) is 2.32. The van der Waals surface area contributed by atoms with E-state index >= 15 is 0 Å². The molecule has 1 N–H and O–H groups in total. The lowest BCUT2D eigenvalue weighted by molar-refractivity contribution is -0.132. The van der Waals surface area contributed by atoms with Crippen LogP contribution in [0.5, 0.6) is 5.88 Å². The molecular weight excluding hydrogens is 164 g/mol. The van der Waals surface area contributed by atoms with Gasteiger partial charge in [-0.25, -0.2) is 4.98 Å². The number of ether oxygens (including phenoxy) is 1. The SMILES string of the molecule is CC(=O)Oc1ccnc(=S)[nH]1. The molecule has 0 aliphatic heterocycles. The lowest BCUT2D eigenvalue weighted by Gasteiger charge is -1.97. The van der Waals surface area contributed by atoms with Crippen molar-refractivity contribution < 1.29 is 9.53 Å². The fraction of sp³-hybridized carbons (Fsp3) is 0.167. The van der Waals surface area contributed by atoms with Gasteiger partial charge in [-0.2, -0.15) is 0 Å². The van der Waals surface area contributed by atoms with E-state index in [2.05, 4.69) is 9.97 Å². The number of carbonyl (C=O) groups is 1. The van der Waals surface area contributed by atoms with Crippen LogP contribution in [0.2, 0.25) is 0 Å². The van der Waals surface area contributed by atoms with E-state index in [4.69, 9.17) is 17.0 Å². The van der Waals surface area contributed by atoms with Crippen molar-refractivity contribution in [3.05, 3.63) is 17.0 Å². The number of aromatic nitrogens is 2. The van der Waals surface area contributed by atoms with E-state index in [-0.39, 0.29) is 5.97 Å². The predicted octanol–water partition coefficient (Wildman–Crippen LogP) is 1.06. The standard InChI is InChI=1S/C6H6N2O2S/c1-4(9)10-5-2-3-7-6(11)8-5/h2-3H,1H3,(H,7,8,11). The van der Waals surface area contributed by atoms with E-state index in [1.54, 1.807) is 0 Å². The third kappa shape index (κ3) is 2.46. The minimum absolute atomic E-state index is 0.295. The molecule has 0 amide bonds. The first-order valence-electron chi connectivity index (χ1n) is 2.92. The molecule has 0 unspecified atom stereocenters. The van der Waals surface area contributed by atoms with Crippen LogP contribution in [0.3, 0.4) is 0 Å². The smallest absolute Gasteiger partial charge is 0.309 e. The summed E-state index contributed by atoms with van der Waals surface area (Å²) in [6.07, 6.45) is 1.47. The molecule has 0 saturated carbocycles. The lowest BCUT2D eigenvalue weighted by Crippen LogP contribution is -2.03. The maximum absolute atomic E-state index is 10.4. The highest BCUT2D eigenvalue weighted by atomic mass is 32.1. The number of carbonyl (C=O) groups excluding carboxylic acids is 1. The minimum Gasteiger partial charge on any atom is -0.410 e.